The number of aliphatic hydroxyl groups excluding tert-OH is 1. The van der Waals surface area contributed by atoms with Crippen LogP contribution in [0, 0.1) is 6.92 Å². The summed E-state index contributed by atoms with van der Waals surface area (Å²) in [7, 11) is 1.87. The molecule has 0 bridgehead atoms. The van der Waals surface area contributed by atoms with Gasteiger partial charge < -0.3 is 26.7 Å². The third-order valence-electron chi connectivity index (χ3n) is 5.57. The summed E-state index contributed by atoms with van der Waals surface area (Å²) in [5.74, 6) is 1.16. The van der Waals surface area contributed by atoms with Crippen molar-refractivity contribution in [3.05, 3.63) is 95.8 Å². The normalized spacial score (nSPS) is 10.1. The van der Waals surface area contributed by atoms with E-state index in [4.69, 9.17) is 26.4 Å². The van der Waals surface area contributed by atoms with Gasteiger partial charge in [0, 0.05) is 37.4 Å². The SMILES string of the molecule is CC=O.CNc1ccc(CO)cc1.Cc1cnc2c(c1)nc(-c1cccnc1N)n2-c1ccc(CN)cc1. The molecule has 38 heavy (non-hydrogen) atoms. The Morgan fingerprint density at radius 3 is 2.26 bits per heavy atom. The van der Waals surface area contributed by atoms with E-state index in [1.54, 1.807) is 6.20 Å². The molecule has 6 N–H and O–H groups in total. The number of carbonyl (C=O) groups excluding carboxylic acids is 1. The Hall–Kier alpha value is -4.60. The van der Waals surface area contributed by atoms with Gasteiger partial charge in [-0.05, 0) is 73.0 Å². The molecule has 0 amide bonds. The molecular weight excluding hydrogens is 478 g/mol. The van der Waals surface area contributed by atoms with Crippen molar-refractivity contribution in [2.45, 2.75) is 27.0 Å². The zero-order chi connectivity index (χ0) is 27.5. The molecule has 0 spiro atoms. The van der Waals surface area contributed by atoms with Crippen LogP contribution in [0.1, 0.15) is 23.6 Å². The van der Waals surface area contributed by atoms with Gasteiger partial charge in [-0.15, -0.1) is 0 Å². The Kier molecular flexibility index (Phi) is 10.0. The van der Waals surface area contributed by atoms with Gasteiger partial charge in [0.1, 0.15) is 17.6 Å². The summed E-state index contributed by atoms with van der Waals surface area (Å²) in [6.45, 7) is 4.06. The first kappa shape index (κ1) is 28.0. The predicted octanol–water partition coefficient (Wildman–Crippen LogP) is 4.26. The van der Waals surface area contributed by atoms with Crippen molar-refractivity contribution in [2.75, 3.05) is 18.1 Å². The van der Waals surface area contributed by atoms with Gasteiger partial charge in [0.15, 0.2) is 11.5 Å². The van der Waals surface area contributed by atoms with Crippen LogP contribution in [0.3, 0.4) is 0 Å². The van der Waals surface area contributed by atoms with Crippen molar-refractivity contribution in [1.29, 1.82) is 0 Å². The second kappa shape index (κ2) is 13.6. The fraction of sp³-hybridized carbons (Fsp3) is 0.172. The largest absolute Gasteiger partial charge is 0.392 e. The van der Waals surface area contributed by atoms with Crippen LogP contribution < -0.4 is 16.8 Å². The molecule has 0 saturated carbocycles. The predicted molar refractivity (Wildman–Crippen MR) is 153 cm³/mol. The monoisotopic (exact) mass is 511 g/mol. The first-order valence-electron chi connectivity index (χ1n) is 12.1. The van der Waals surface area contributed by atoms with Crippen molar-refractivity contribution < 1.29 is 9.90 Å². The van der Waals surface area contributed by atoms with Crippen molar-refractivity contribution >= 4 is 29.0 Å². The summed E-state index contributed by atoms with van der Waals surface area (Å²) in [4.78, 5) is 22.4. The molecule has 3 aromatic heterocycles. The highest BCUT2D eigenvalue weighted by atomic mass is 16.3. The lowest BCUT2D eigenvalue weighted by Crippen LogP contribution is -2.02. The molecule has 0 aliphatic carbocycles. The smallest absolute Gasteiger partial charge is 0.164 e. The molecule has 2 aromatic carbocycles. The number of nitrogen functional groups attached to an aromatic ring is 1. The van der Waals surface area contributed by atoms with E-state index in [0.29, 0.717) is 12.4 Å². The van der Waals surface area contributed by atoms with Gasteiger partial charge in [-0.1, -0.05) is 24.3 Å². The molecule has 3 heterocycles. The van der Waals surface area contributed by atoms with Gasteiger partial charge in [-0.25, -0.2) is 15.0 Å². The number of aliphatic hydroxyl groups is 1. The number of nitrogens with one attached hydrogen (secondary N) is 1. The van der Waals surface area contributed by atoms with E-state index >= 15 is 0 Å². The van der Waals surface area contributed by atoms with Crippen molar-refractivity contribution in [3.8, 4) is 17.1 Å². The maximum absolute atomic E-state index is 8.81. The number of anilines is 2. The van der Waals surface area contributed by atoms with E-state index in [1.165, 1.54) is 6.92 Å². The van der Waals surface area contributed by atoms with Crippen LogP contribution in [0.15, 0.2) is 79.1 Å². The van der Waals surface area contributed by atoms with Gasteiger partial charge in [-0.2, -0.15) is 0 Å². The van der Waals surface area contributed by atoms with Crippen molar-refractivity contribution in [1.82, 2.24) is 19.5 Å². The number of aldehydes is 1. The van der Waals surface area contributed by atoms with Gasteiger partial charge in [0.25, 0.3) is 0 Å². The minimum Gasteiger partial charge on any atom is -0.392 e. The maximum atomic E-state index is 8.81. The summed E-state index contributed by atoms with van der Waals surface area (Å²) in [5, 5.41) is 11.7. The van der Waals surface area contributed by atoms with Crippen molar-refractivity contribution in [2.24, 2.45) is 5.73 Å². The summed E-state index contributed by atoms with van der Waals surface area (Å²) < 4.78 is 2.00. The number of hydrogen-bond donors (Lipinski definition) is 4. The van der Waals surface area contributed by atoms with Gasteiger partial charge in [-0.3, -0.25) is 4.57 Å². The lowest BCUT2D eigenvalue weighted by atomic mass is 10.2. The molecule has 0 fully saturated rings. The van der Waals surface area contributed by atoms with Crippen LogP contribution in [0.5, 0.6) is 0 Å². The van der Waals surface area contributed by atoms with Gasteiger partial charge >= 0.3 is 0 Å². The Bertz CT molecular complexity index is 1440. The van der Waals surface area contributed by atoms with Crippen LogP contribution >= 0.6 is 0 Å². The lowest BCUT2D eigenvalue weighted by Gasteiger charge is -2.10. The number of benzene rings is 2. The quantitative estimate of drug-likeness (QED) is 0.256. The zero-order valence-electron chi connectivity index (χ0n) is 21.8. The zero-order valence-corrected chi connectivity index (χ0v) is 21.8. The van der Waals surface area contributed by atoms with E-state index in [2.05, 4.69) is 15.3 Å². The van der Waals surface area contributed by atoms with Crippen molar-refractivity contribution in [3.63, 3.8) is 0 Å². The van der Waals surface area contributed by atoms with E-state index in [9.17, 15) is 0 Å². The number of carbonyl (C=O) groups is 1. The second-order valence-corrected chi connectivity index (χ2v) is 8.27. The third kappa shape index (κ3) is 6.78. The first-order chi connectivity index (χ1) is 18.4. The number of nitrogens with two attached hydrogens (primary N) is 2. The average molecular weight is 512 g/mol. The molecule has 0 radical (unpaired) electrons. The van der Waals surface area contributed by atoms with Crippen LogP contribution in [-0.4, -0.2) is 38.0 Å². The number of hydrogen-bond acceptors (Lipinski definition) is 8. The van der Waals surface area contributed by atoms with E-state index < -0.39 is 0 Å². The highest BCUT2D eigenvalue weighted by Crippen LogP contribution is 2.30. The Morgan fingerprint density at radius 2 is 1.68 bits per heavy atom. The molecule has 0 aliphatic heterocycles. The molecule has 9 heteroatoms. The summed E-state index contributed by atoms with van der Waals surface area (Å²) in [5.41, 5.74) is 19.3. The number of aryl methyl sites for hydroxylation is 1. The average Bonchev–Trinajstić information content (AvgIpc) is 3.32. The number of rotatable bonds is 5. The van der Waals surface area contributed by atoms with Crippen LogP contribution in [0.25, 0.3) is 28.2 Å². The fourth-order valence-electron chi connectivity index (χ4n) is 3.66. The number of imidazole rings is 1. The minimum absolute atomic E-state index is 0.115. The molecule has 5 aromatic rings. The molecule has 0 unspecified atom stereocenters. The number of nitrogens with zero attached hydrogens (tertiary/aromatic N) is 4. The third-order valence-corrected chi connectivity index (χ3v) is 5.57. The number of pyridine rings is 2. The maximum Gasteiger partial charge on any atom is 0.164 e. The van der Waals surface area contributed by atoms with E-state index in [-0.39, 0.29) is 6.61 Å². The highest BCUT2D eigenvalue weighted by molar-refractivity contribution is 5.83. The molecule has 5 rings (SSSR count). The standard InChI is InChI=1S/C19H18N6.C8H11NO.C2H4O/c1-12-9-16-19(23-11-12)25(14-6-4-13(10-20)5-7-14)18(24-16)15-3-2-8-22-17(15)21;1-9-8-4-2-7(6-10)3-5-8;1-2-3/h2-9,11H,10,20H2,1H3,(H2,21,22);2-5,9-10H,6H2,1H3;2H,1H3. The van der Waals surface area contributed by atoms with Crippen LogP contribution in [0.2, 0.25) is 0 Å². The summed E-state index contributed by atoms with van der Waals surface area (Å²) in [6, 6.07) is 21.5. The molecule has 0 saturated heterocycles. The van der Waals surface area contributed by atoms with Crippen LogP contribution in [-0.2, 0) is 17.9 Å². The minimum atomic E-state index is 0.115. The topological polar surface area (TPSA) is 145 Å². The van der Waals surface area contributed by atoms with E-state index in [0.717, 1.165) is 56.9 Å². The first-order valence-corrected chi connectivity index (χ1v) is 12.1. The number of aromatic nitrogens is 4. The fourth-order valence-corrected chi connectivity index (χ4v) is 3.66. The van der Waals surface area contributed by atoms with Crippen LogP contribution in [0.4, 0.5) is 11.5 Å². The number of fused-ring (bicyclic) bond motifs is 1. The van der Waals surface area contributed by atoms with Gasteiger partial charge in [0.2, 0.25) is 0 Å². The Labute approximate surface area is 222 Å². The summed E-state index contributed by atoms with van der Waals surface area (Å²) in [6.07, 6.45) is 4.26. The Balaban J connectivity index is 0.000000257. The molecule has 0 atom stereocenters. The molecule has 9 nitrogen and oxygen atoms in total. The Morgan fingerprint density at radius 1 is 1.03 bits per heavy atom. The van der Waals surface area contributed by atoms with E-state index in [1.807, 2.05) is 91.5 Å². The second-order valence-electron chi connectivity index (χ2n) is 8.27. The molecule has 196 valence electrons. The van der Waals surface area contributed by atoms with Gasteiger partial charge in [0.05, 0.1) is 12.2 Å². The molecular formula is C29H33N7O2. The molecule has 0 aliphatic rings. The summed E-state index contributed by atoms with van der Waals surface area (Å²) >= 11 is 0. The highest BCUT2D eigenvalue weighted by Gasteiger charge is 2.17. The lowest BCUT2D eigenvalue weighted by molar-refractivity contribution is -0.106.